The number of amides is 2. The topological polar surface area (TPSA) is 114 Å². The van der Waals surface area contributed by atoms with E-state index in [1.807, 2.05) is 0 Å². The van der Waals surface area contributed by atoms with Gasteiger partial charge in [0.15, 0.2) is 0 Å². The number of hydrogen-bond acceptors (Lipinski definition) is 6. The molecule has 1 fully saturated rings. The molecule has 144 valence electrons. The lowest BCUT2D eigenvalue weighted by Gasteiger charge is -2.16. The summed E-state index contributed by atoms with van der Waals surface area (Å²) in [6.45, 7) is 0.253. The van der Waals surface area contributed by atoms with Gasteiger partial charge in [-0.2, -0.15) is 5.10 Å². The fourth-order valence-corrected chi connectivity index (χ4v) is 2.88. The third kappa shape index (κ3) is 4.32. The molecule has 1 aliphatic rings. The van der Waals surface area contributed by atoms with Crippen molar-refractivity contribution < 1.29 is 19.2 Å². The van der Waals surface area contributed by atoms with Gasteiger partial charge < -0.3 is 9.64 Å². The minimum atomic E-state index is -0.531. The van der Waals surface area contributed by atoms with E-state index in [-0.39, 0.29) is 30.5 Å². The lowest BCUT2D eigenvalue weighted by Crippen LogP contribution is -2.30. The number of nitro benzene ring substituents is 1. The number of carbonyl (C=O) groups is 2. The first kappa shape index (κ1) is 19.0. The van der Waals surface area contributed by atoms with Gasteiger partial charge in [0.2, 0.25) is 11.8 Å². The van der Waals surface area contributed by atoms with Crippen molar-refractivity contribution in [3.8, 4) is 5.75 Å². The fourth-order valence-electron chi connectivity index (χ4n) is 2.88. The Balaban J connectivity index is 1.60. The summed E-state index contributed by atoms with van der Waals surface area (Å²) in [5.41, 5.74) is 3.51. The van der Waals surface area contributed by atoms with Crippen molar-refractivity contribution in [3.63, 3.8) is 0 Å². The van der Waals surface area contributed by atoms with Crippen molar-refractivity contribution in [2.75, 3.05) is 18.6 Å². The highest BCUT2D eigenvalue weighted by Gasteiger charge is 2.35. The van der Waals surface area contributed by atoms with Crippen LogP contribution in [0.25, 0.3) is 0 Å². The molecule has 9 nitrogen and oxygen atoms in total. The van der Waals surface area contributed by atoms with Gasteiger partial charge in [-0.15, -0.1) is 0 Å². The first-order valence-corrected chi connectivity index (χ1v) is 8.49. The lowest BCUT2D eigenvalue weighted by atomic mass is 10.1. The van der Waals surface area contributed by atoms with Gasteiger partial charge in [-0.1, -0.05) is 12.1 Å². The molecule has 3 rings (SSSR count). The molecule has 28 heavy (non-hydrogen) atoms. The van der Waals surface area contributed by atoms with Gasteiger partial charge in [-0.3, -0.25) is 19.7 Å². The predicted octanol–water partition coefficient (Wildman–Crippen LogP) is 2.11. The maximum absolute atomic E-state index is 12.3. The Labute approximate surface area is 160 Å². The Hall–Kier alpha value is -3.75. The number of nitrogens with zero attached hydrogens (tertiary/aromatic N) is 3. The highest BCUT2D eigenvalue weighted by molar-refractivity contribution is 6.00. The summed E-state index contributed by atoms with van der Waals surface area (Å²) in [6.07, 6.45) is 1.41. The summed E-state index contributed by atoms with van der Waals surface area (Å²) < 4.78 is 5.10. The van der Waals surface area contributed by atoms with Gasteiger partial charge in [0.1, 0.15) is 5.75 Å². The van der Waals surface area contributed by atoms with Crippen LogP contribution in [0.4, 0.5) is 11.4 Å². The number of nitro groups is 1. The van der Waals surface area contributed by atoms with Crippen molar-refractivity contribution >= 4 is 29.4 Å². The zero-order valence-electron chi connectivity index (χ0n) is 15.1. The van der Waals surface area contributed by atoms with E-state index in [0.29, 0.717) is 17.0 Å². The van der Waals surface area contributed by atoms with E-state index in [0.717, 1.165) is 0 Å². The van der Waals surface area contributed by atoms with Crippen LogP contribution in [-0.2, 0) is 9.59 Å². The molecule has 1 saturated heterocycles. The standard InChI is InChI=1S/C19H18N4O5/c1-28-17-7-5-15(6-8-17)22-12-14(10-18(22)24)19(25)21-20-11-13-3-2-4-16(9-13)23(26)27/h2-9,11,14H,10,12H2,1H3,(H,21,25)/b20-11+. The Bertz CT molecular complexity index is 926. The largest absolute Gasteiger partial charge is 0.497 e. The third-order valence-electron chi connectivity index (χ3n) is 4.35. The Kier molecular flexibility index (Phi) is 5.64. The smallest absolute Gasteiger partial charge is 0.270 e. The van der Waals surface area contributed by atoms with Crippen LogP contribution in [-0.4, -0.2) is 36.6 Å². The number of ether oxygens (including phenoxy) is 1. The zero-order valence-corrected chi connectivity index (χ0v) is 15.1. The van der Waals surface area contributed by atoms with E-state index < -0.39 is 10.8 Å². The first-order valence-electron chi connectivity index (χ1n) is 8.49. The van der Waals surface area contributed by atoms with Crippen LogP contribution in [0.1, 0.15) is 12.0 Å². The van der Waals surface area contributed by atoms with Gasteiger partial charge in [-0.05, 0) is 24.3 Å². The molecule has 1 atom stereocenters. The van der Waals surface area contributed by atoms with Crippen LogP contribution in [0.3, 0.4) is 0 Å². The lowest BCUT2D eigenvalue weighted by molar-refractivity contribution is -0.384. The summed E-state index contributed by atoms with van der Waals surface area (Å²) in [5, 5.41) is 14.6. The molecule has 0 aromatic heterocycles. The van der Waals surface area contributed by atoms with Gasteiger partial charge >= 0.3 is 0 Å². The Morgan fingerprint density at radius 1 is 1.32 bits per heavy atom. The van der Waals surface area contributed by atoms with Crippen molar-refractivity contribution in [1.29, 1.82) is 0 Å². The zero-order chi connectivity index (χ0) is 20.1. The van der Waals surface area contributed by atoms with Gasteiger partial charge in [-0.25, -0.2) is 5.43 Å². The molecular weight excluding hydrogens is 364 g/mol. The average Bonchev–Trinajstić information content (AvgIpc) is 3.10. The van der Waals surface area contributed by atoms with Gasteiger partial charge in [0.05, 0.1) is 24.2 Å². The normalized spacial score (nSPS) is 16.4. The molecule has 0 saturated carbocycles. The minimum absolute atomic E-state index is 0.0631. The number of hydrogen-bond donors (Lipinski definition) is 1. The van der Waals surface area contributed by atoms with Gasteiger partial charge in [0, 0.05) is 36.3 Å². The Morgan fingerprint density at radius 3 is 2.75 bits per heavy atom. The number of benzene rings is 2. The molecule has 9 heteroatoms. The van der Waals surface area contributed by atoms with E-state index in [9.17, 15) is 19.7 Å². The number of carbonyl (C=O) groups excluding carboxylic acids is 2. The monoisotopic (exact) mass is 382 g/mol. The van der Waals surface area contributed by atoms with Crippen LogP contribution < -0.4 is 15.1 Å². The molecular formula is C19H18N4O5. The number of nitrogens with one attached hydrogen (secondary N) is 1. The maximum atomic E-state index is 12.3. The SMILES string of the molecule is COc1ccc(N2CC(C(=O)N/N=C/c3cccc([N+](=O)[O-])c3)CC2=O)cc1. The highest BCUT2D eigenvalue weighted by Crippen LogP contribution is 2.26. The number of anilines is 1. The molecule has 1 N–H and O–H groups in total. The van der Waals surface area contributed by atoms with Crippen molar-refractivity contribution in [2.24, 2.45) is 11.0 Å². The second kappa shape index (κ2) is 8.30. The second-order valence-corrected chi connectivity index (χ2v) is 6.19. The van der Waals surface area contributed by atoms with E-state index in [2.05, 4.69) is 10.5 Å². The quantitative estimate of drug-likeness (QED) is 0.467. The average molecular weight is 382 g/mol. The van der Waals surface area contributed by atoms with Crippen molar-refractivity contribution in [1.82, 2.24) is 5.43 Å². The second-order valence-electron chi connectivity index (χ2n) is 6.19. The number of hydrazone groups is 1. The summed E-state index contributed by atoms with van der Waals surface area (Å²) >= 11 is 0. The van der Waals surface area contributed by atoms with Crippen LogP contribution in [0, 0.1) is 16.0 Å². The number of methoxy groups -OCH3 is 1. The molecule has 2 aromatic carbocycles. The predicted molar refractivity (Wildman–Crippen MR) is 102 cm³/mol. The van der Waals surface area contributed by atoms with Gasteiger partial charge in [0.25, 0.3) is 5.69 Å². The molecule has 0 spiro atoms. The van der Waals surface area contributed by atoms with E-state index in [1.54, 1.807) is 42.3 Å². The molecule has 1 aliphatic heterocycles. The maximum Gasteiger partial charge on any atom is 0.270 e. The summed E-state index contributed by atoms with van der Waals surface area (Å²) in [6, 6.07) is 12.9. The van der Waals surface area contributed by atoms with E-state index in [1.165, 1.54) is 24.4 Å². The molecule has 1 unspecified atom stereocenters. The van der Waals surface area contributed by atoms with Crippen LogP contribution >= 0.6 is 0 Å². The first-order chi connectivity index (χ1) is 13.5. The van der Waals surface area contributed by atoms with Crippen molar-refractivity contribution in [2.45, 2.75) is 6.42 Å². The summed E-state index contributed by atoms with van der Waals surface area (Å²) in [4.78, 5) is 36.4. The third-order valence-corrected chi connectivity index (χ3v) is 4.35. The van der Waals surface area contributed by atoms with E-state index >= 15 is 0 Å². The Morgan fingerprint density at radius 2 is 2.07 bits per heavy atom. The fraction of sp³-hybridized carbons (Fsp3) is 0.211. The van der Waals surface area contributed by atoms with E-state index in [4.69, 9.17) is 4.74 Å². The molecule has 0 radical (unpaired) electrons. The van der Waals surface area contributed by atoms with Crippen LogP contribution in [0.2, 0.25) is 0 Å². The molecule has 0 aliphatic carbocycles. The highest BCUT2D eigenvalue weighted by atomic mass is 16.6. The molecule has 2 amide bonds. The molecule has 0 bridgehead atoms. The molecule has 1 heterocycles. The van der Waals surface area contributed by atoms with Crippen molar-refractivity contribution in [3.05, 3.63) is 64.2 Å². The number of non-ortho nitro benzene ring substituents is 1. The van der Waals surface area contributed by atoms with Crippen LogP contribution in [0.15, 0.2) is 53.6 Å². The molecule has 2 aromatic rings. The van der Waals surface area contributed by atoms with Crippen LogP contribution in [0.5, 0.6) is 5.75 Å². The summed E-state index contributed by atoms with van der Waals surface area (Å²) in [5.74, 6) is -0.379. The number of rotatable bonds is 6. The summed E-state index contributed by atoms with van der Waals surface area (Å²) in [7, 11) is 1.56. The minimum Gasteiger partial charge on any atom is -0.497 e.